The Hall–Kier alpha value is -4.13. The molecule has 2 aliphatic rings. The lowest BCUT2D eigenvalue weighted by molar-refractivity contribution is -0.149. The highest BCUT2D eigenvalue weighted by Crippen LogP contribution is 2.44. The molecule has 0 bridgehead atoms. The van der Waals surface area contributed by atoms with Crippen molar-refractivity contribution >= 4 is 18.0 Å². The average Bonchev–Trinajstić information content (AvgIpc) is 3.50. The van der Waals surface area contributed by atoms with E-state index in [1.54, 1.807) is 24.3 Å². The van der Waals surface area contributed by atoms with Gasteiger partial charge in [0, 0.05) is 12.5 Å². The summed E-state index contributed by atoms with van der Waals surface area (Å²) in [5.74, 6) is -1.59. The second-order valence-electron chi connectivity index (χ2n) is 8.84. The smallest absolute Gasteiger partial charge is 0.408 e. The molecule has 1 aliphatic carbocycles. The van der Waals surface area contributed by atoms with Gasteiger partial charge in [0.2, 0.25) is 0 Å². The Bertz CT molecular complexity index is 1210. The fourth-order valence-corrected chi connectivity index (χ4v) is 5.14. The van der Waals surface area contributed by atoms with E-state index in [4.69, 9.17) is 4.74 Å². The fourth-order valence-electron chi connectivity index (χ4n) is 5.14. The van der Waals surface area contributed by atoms with Crippen molar-refractivity contribution in [2.75, 3.05) is 13.2 Å². The predicted molar refractivity (Wildman–Crippen MR) is 130 cm³/mol. The molecule has 5 rings (SSSR count). The Balaban J connectivity index is 1.33. The van der Waals surface area contributed by atoms with Crippen LogP contribution >= 0.6 is 0 Å². The van der Waals surface area contributed by atoms with E-state index in [1.165, 1.54) is 4.90 Å². The number of carboxylic acids is 1. The number of likely N-dealkylation sites (tertiary alicyclic amines) is 1. The minimum Gasteiger partial charge on any atom is -0.480 e. The summed E-state index contributed by atoms with van der Waals surface area (Å²) < 4.78 is 5.64. The molecule has 7 nitrogen and oxygen atoms in total. The van der Waals surface area contributed by atoms with Gasteiger partial charge in [0.05, 0.1) is 0 Å². The lowest BCUT2D eigenvalue weighted by Gasteiger charge is -2.27. The molecule has 2 atom stereocenters. The molecule has 0 saturated carbocycles. The van der Waals surface area contributed by atoms with Gasteiger partial charge in [-0.15, -0.1) is 0 Å². The van der Waals surface area contributed by atoms with E-state index in [-0.39, 0.29) is 12.5 Å². The summed E-state index contributed by atoms with van der Waals surface area (Å²) in [7, 11) is 0. The van der Waals surface area contributed by atoms with E-state index in [2.05, 4.69) is 17.4 Å². The van der Waals surface area contributed by atoms with Crippen molar-refractivity contribution in [3.63, 3.8) is 0 Å². The van der Waals surface area contributed by atoms with Gasteiger partial charge in [-0.2, -0.15) is 0 Å². The lowest BCUT2D eigenvalue weighted by atomic mass is 9.98. The number of fused-ring (bicyclic) bond motifs is 3. The highest BCUT2D eigenvalue weighted by Gasteiger charge is 2.38. The van der Waals surface area contributed by atoms with Gasteiger partial charge in [0.1, 0.15) is 18.7 Å². The van der Waals surface area contributed by atoms with Crippen LogP contribution in [0.2, 0.25) is 0 Å². The second kappa shape index (κ2) is 9.62. The van der Waals surface area contributed by atoms with Crippen LogP contribution in [0.1, 0.15) is 41.5 Å². The summed E-state index contributed by atoms with van der Waals surface area (Å²) in [4.78, 5) is 39.3. The number of nitrogens with one attached hydrogen (secondary N) is 1. The van der Waals surface area contributed by atoms with Gasteiger partial charge in [0.15, 0.2) is 0 Å². The second-order valence-corrected chi connectivity index (χ2v) is 8.84. The van der Waals surface area contributed by atoms with E-state index in [1.807, 2.05) is 42.5 Å². The monoisotopic (exact) mass is 470 g/mol. The van der Waals surface area contributed by atoms with Crippen LogP contribution in [0.3, 0.4) is 0 Å². The molecule has 1 heterocycles. The van der Waals surface area contributed by atoms with Gasteiger partial charge in [-0.05, 0) is 40.7 Å². The molecule has 7 heteroatoms. The number of amides is 2. The molecule has 1 saturated heterocycles. The van der Waals surface area contributed by atoms with Crippen molar-refractivity contribution in [3.05, 3.63) is 95.6 Å². The summed E-state index contributed by atoms with van der Waals surface area (Å²) in [6.07, 6.45) is 0.281. The molecule has 0 aromatic heterocycles. The molecule has 2 N–H and O–H groups in total. The quantitative estimate of drug-likeness (QED) is 0.559. The molecule has 0 unspecified atom stereocenters. The van der Waals surface area contributed by atoms with E-state index in [0.29, 0.717) is 24.9 Å². The van der Waals surface area contributed by atoms with Crippen LogP contribution in [0, 0.1) is 0 Å². The number of alkyl carbamates (subject to hydrolysis) is 1. The normalized spacial score (nSPS) is 17.4. The van der Waals surface area contributed by atoms with Crippen LogP contribution in [-0.2, 0) is 14.3 Å². The largest absolute Gasteiger partial charge is 0.480 e. The summed E-state index contributed by atoms with van der Waals surface area (Å²) >= 11 is 0. The minimum atomic E-state index is -1.04. The number of carboxylic acid groups (broad SMARTS) is 1. The molecule has 3 aromatic carbocycles. The number of hydrogen-bond acceptors (Lipinski definition) is 4. The highest BCUT2D eigenvalue weighted by atomic mass is 16.5. The van der Waals surface area contributed by atoms with Crippen LogP contribution in [-0.4, -0.2) is 47.2 Å². The number of ether oxygens (including phenoxy) is 1. The first-order valence-electron chi connectivity index (χ1n) is 11.7. The molecular formula is C28H26N2O5. The number of carbonyl (C=O) groups excluding carboxylic acids is 2. The fraction of sp³-hybridized carbons (Fsp3) is 0.250. The van der Waals surface area contributed by atoms with Gasteiger partial charge in [0.25, 0.3) is 5.91 Å². The van der Waals surface area contributed by atoms with Gasteiger partial charge in [-0.25, -0.2) is 9.59 Å². The van der Waals surface area contributed by atoms with Crippen molar-refractivity contribution in [1.82, 2.24) is 10.2 Å². The van der Waals surface area contributed by atoms with Crippen molar-refractivity contribution in [2.45, 2.75) is 30.8 Å². The standard InChI is InChI=1S/C28H26N2O5/c31-26(30-16-8-15-24(30)27(32)33)25(18-9-2-1-3-10-18)29-28(34)35-17-23-21-13-6-4-11-19(21)20-12-5-7-14-22(20)23/h1-7,9-14,23-25H,8,15-17H2,(H,29,34)(H,32,33)/t24-,25+/m1/s1. The Labute approximate surface area is 203 Å². The minimum absolute atomic E-state index is 0.103. The third kappa shape index (κ3) is 4.37. The Kier molecular flexibility index (Phi) is 6.23. The summed E-state index contributed by atoms with van der Waals surface area (Å²) in [6.45, 7) is 0.461. The van der Waals surface area contributed by atoms with Gasteiger partial charge < -0.3 is 20.1 Å². The van der Waals surface area contributed by atoms with Crippen LogP contribution < -0.4 is 5.32 Å². The molecule has 0 radical (unpaired) electrons. The van der Waals surface area contributed by atoms with Gasteiger partial charge >= 0.3 is 12.1 Å². The zero-order valence-electron chi connectivity index (χ0n) is 19.1. The molecule has 1 aliphatic heterocycles. The predicted octanol–water partition coefficient (Wildman–Crippen LogP) is 4.34. The first-order chi connectivity index (χ1) is 17.0. The molecular weight excluding hydrogens is 444 g/mol. The Morgan fingerprint density at radius 1 is 0.914 bits per heavy atom. The van der Waals surface area contributed by atoms with E-state index in [0.717, 1.165) is 22.3 Å². The highest BCUT2D eigenvalue weighted by molar-refractivity contribution is 5.90. The maximum absolute atomic E-state index is 13.4. The summed E-state index contributed by atoms with van der Waals surface area (Å²) in [5, 5.41) is 12.2. The van der Waals surface area contributed by atoms with Gasteiger partial charge in [-0.1, -0.05) is 78.9 Å². The Morgan fingerprint density at radius 2 is 1.51 bits per heavy atom. The van der Waals surface area contributed by atoms with Gasteiger partial charge in [-0.3, -0.25) is 4.79 Å². The molecule has 2 amide bonds. The maximum atomic E-state index is 13.4. The number of hydrogen-bond donors (Lipinski definition) is 2. The Morgan fingerprint density at radius 3 is 2.14 bits per heavy atom. The van der Waals surface area contributed by atoms with Crippen molar-refractivity contribution in [3.8, 4) is 11.1 Å². The third-order valence-electron chi connectivity index (χ3n) is 6.81. The summed E-state index contributed by atoms with van der Waals surface area (Å²) in [5.41, 5.74) is 5.02. The van der Waals surface area contributed by atoms with Crippen LogP contribution in [0.4, 0.5) is 4.79 Å². The third-order valence-corrected chi connectivity index (χ3v) is 6.81. The number of benzene rings is 3. The number of nitrogens with zero attached hydrogens (tertiary/aromatic N) is 1. The van der Waals surface area contributed by atoms with Crippen LogP contribution in [0.15, 0.2) is 78.9 Å². The first kappa shape index (κ1) is 22.7. The number of aliphatic carboxylic acids is 1. The lowest BCUT2D eigenvalue weighted by Crippen LogP contribution is -2.47. The van der Waals surface area contributed by atoms with Crippen LogP contribution in [0.25, 0.3) is 11.1 Å². The topological polar surface area (TPSA) is 95.9 Å². The van der Waals surface area contributed by atoms with Crippen molar-refractivity contribution in [1.29, 1.82) is 0 Å². The maximum Gasteiger partial charge on any atom is 0.408 e. The SMILES string of the molecule is O=C(N[C@H](C(=O)N1CCC[C@@H]1C(=O)O)c1ccccc1)OCC1c2ccccc2-c2ccccc21. The number of carbonyl (C=O) groups is 3. The zero-order valence-corrected chi connectivity index (χ0v) is 19.1. The molecule has 178 valence electrons. The average molecular weight is 471 g/mol. The summed E-state index contributed by atoms with van der Waals surface area (Å²) in [6, 6.07) is 23.0. The molecule has 35 heavy (non-hydrogen) atoms. The zero-order chi connectivity index (χ0) is 24.4. The van der Waals surface area contributed by atoms with Crippen molar-refractivity contribution in [2.24, 2.45) is 0 Å². The first-order valence-corrected chi connectivity index (χ1v) is 11.7. The van der Waals surface area contributed by atoms with E-state index >= 15 is 0 Å². The molecule has 3 aromatic rings. The van der Waals surface area contributed by atoms with Crippen LogP contribution in [0.5, 0.6) is 0 Å². The molecule has 0 spiro atoms. The van der Waals surface area contributed by atoms with E-state index in [9.17, 15) is 19.5 Å². The van der Waals surface area contributed by atoms with E-state index < -0.39 is 30.1 Å². The number of rotatable bonds is 6. The molecule has 1 fully saturated rings. The van der Waals surface area contributed by atoms with Crippen molar-refractivity contribution < 1.29 is 24.2 Å².